The minimum absolute atomic E-state index is 0.126. The van der Waals surface area contributed by atoms with Crippen LogP contribution < -0.4 is 0 Å². The predicted molar refractivity (Wildman–Crippen MR) is 47.7 cm³/mol. The van der Waals surface area contributed by atoms with Crippen molar-refractivity contribution in [1.29, 1.82) is 0 Å². The van der Waals surface area contributed by atoms with Gasteiger partial charge in [0, 0.05) is 6.61 Å². The maximum atomic E-state index is 12.3. The van der Waals surface area contributed by atoms with E-state index in [1.54, 1.807) is 0 Å². The van der Waals surface area contributed by atoms with Gasteiger partial charge in [0.1, 0.15) is 0 Å². The first-order valence-corrected chi connectivity index (χ1v) is 4.78. The third kappa shape index (κ3) is 7.08. The average molecular weight is 287 g/mol. The molecule has 96 valence electrons. The molecule has 0 amide bonds. The van der Waals surface area contributed by atoms with E-state index in [-0.39, 0.29) is 6.61 Å². The molecule has 0 bridgehead atoms. The molecule has 0 saturated heterocycles. The van der Waals surface area contributed by atoms with Gasteiger partial charge in [-0.15, -0.1) is 0 Å². The molecule has 1 unspecified atom stereocenters. The van der Waals surface area contributed by atoms with Crippen molar-refractivity contribution in [3.8, 4) is 0 Å². The number of hydrogen-bond acceptors (Lipinski definition) is 3. The smallest absolute Gasteiger partial charge is 0.418 e. The summed E-state index contributed by atoms with van der Waals surface area (Å²) in [6.45, 7) is 1.27. The molecule has 0 heterocycles. The summed E-state index contributed by atoms with van der Waals surface area (Å²) in [6, 6.07) is 0. The Morgan fingerprint density at radius 2 is 1.81 bits per heavy atom. The standard InChI is InChI=1S/C7H8Cl2F4O3/c1-2-15-4(3-6(8,10)11)16-5(14)7(9,12)13/h4H,2-3H2,1H3. The summed E-state index contributed by atoms with van der Waals surface area (Å²) in [5, 5.41) is -8.03. The van der Waals surface area contributed by atoms with Crippen LogP contribution in [0.25, 0.3) is 0 Å². The lowest BCUT2D eigenvalue weighted by atomic mass is 10.4. The molecule has 3 nitrogen and oxygen atoms in total. The van der Waals surface area contributed by atoms with Crippen LogP contribution in [0.4, 0.5) is 17.6 Å². The minimum Gasteiger partial charge on any atom is -0.430 e. The van der Waals surface area contributed by atoms with Gasteiger partial charge in [0.2, 0.25) is 6.29 Å². The lowest BCUT2D eigenvalue weighted by molar-refractivity contribution is -0.201. The Morgan fingerprint density at radius 3 is 2.12 bits per heavy atom. The van der Waals surface area contributed by atoms with Crippen LogP contribution in [0.5, 0.6) is 0 Å². The van der Waals surface area contributed by atoms with Gasteiger partial charge in [0.15, 0.2) is 0 Å². The van der Waals surface area contributed by atoms with E-state index in [9.17, 15) is 22.4 Å². The third-order valence-electron chi connectivity index (χ3n) is 1.22. The molecule has 0 spiro atoms. The molecule has 0 fully saturated rings. The maximum Gasteiger partial charge on any atom is 0.418 e. The predicted octanol–water partition coefficient (Wildman–Crippen LogP) is 2.95. The van der Waals surface area contributed by atoms with E-state index in [4.69, 9.17) is 0 Å². The molecule has 0 saturated carbocycles. The molecule has 0 rings (SSSR count). The zero-order chi connectivity index (χ0) is 13.0. The van der Waals surface area contributed by atoms with Gasteiger partial charge in [-0.05, 0) is 30.1 Å². The van der Waals surface area contributed by atoms with Gasteiger partial charge < -0.3 is 9.47 Å². The summed E-state index contributed by atoms with van der Waals surface area (Å²) in [5.74, 6) is -2.17. The average Bonchev–Trinajstić information content (AvgIpc) is 1.99. The molecule has 0 aliphatic rings. The number of esters is 1. The van der Waals surface area contributed by atoms with E-state index in [0.717, 1.165) is 0 Å². The normalized spacial score (nSPS) is 14.7. The van der Waals surface area contributed by atoms with Gasteiger partial charge in [-0.25, -0.2) is 4.79 Å². The van der Waals surface area contributed by atoms with Crippen LogP contribution in [0.1, 0.15) is 13.3 Å². The zero-order valence-corrected chi connectivity index (χ0v) is 9.50. The van der Waals surface area contributed by atoms with Crippen LogP contribution >= 0.6 is 23.2 Å². The van der Waals surface area contributed by atoms with Gasteiger partial charge in [0.05, 0.1) is 6.42 Å². The lowest BCUT2D eigenvalue weighted by Crippen LogP contribution is -2.33. The van der Waals surface area contributed by atoms with Crippen LogP contribution in [0.15, 0.2) is 0 Å². The van der Waals surface area contributed by atoms with Crippen LogP contribution in [0.3, 0.4) is 0 Å². The van der Waals surface area contributed by atoms with E-state index in [0.29, 0.717) is 0 Å². The summed E-state index contributed by atoms with van der Waals surface area (Å²) >= 11 is 8.85. The Labute approximate surface area is 98.6 Å². The molecular formula is C7H8Cl2F4O3. The SMILES string of the molecule is CCOC(CC(F)(F)Cl)OC(=O)C(F)(F)Cl. The molecule has 16 heavy (non-hydrogen) atoms. The Morgan fingerprint density at radius 1 is 1.31 bits per heavy atom. The Hall–Kier alpha value is -0.270. The quantitative estimate of drug-likeness (QED) is 0.326. The van der Waals surface area contributed by atoms with Gasteiger partial charge in [-0.2, -0.15) is 17.6 Å². The molecule has 0 aromatic heterocycles. The largest absolute Gasteiger partial charge is 0.430 e. The van der Waals surface area contributed by atoms with Crippen molar-refractivity contribution in [3.05, 3.63) is 0 Å². The number of ether oxygens (including phenoxy) is 2. The van der Waals surface area contributed by atoms with E-state index in [2.05, 4.69) is 32.7 Å². The van der Waals surface area contributed by atoms with Crippen molar-refractivity contribution in [3.63, 3.8) is 0 Å². The second kappa shape index (κ2) is 5.88. The Kier molecular flexibility index (Phi) is 5.78. The topological polar surface area (TPSA) is 35.5 Å². The van der Waals surface area contributed by atoms with Crippen LogP contribution in [-0.4, -0.2) is 29.6 Å². The summed E-state index contributed by atoms with van der Waals surface area (Å²) < 4.78 is 57.4. The first-order valence-electron chi connectivity index (χ1n) is 4.02. The molecule has 0 aromatic carbocycles. The van der Waals surface area contributed by atoms with Crippen LogP contribution in [0.2, 0.25) is 0 Å². The highest BCUT2D eigenvalue weighted by molar-refractivity contribution is 6.31. The summed E-state index contributed by atoms with van der Waals surface area (Å²) in [5.41, 5.74) is 0. The molecule has 1 atom stereocenters. The van der Waals surface area contributed by atoms with Gasteiger partial charge >= 0.3 is 16.7 Å². The highest BCUT2D eigenvalue weighted by Crippen LogP contribution is 2.28. The third-order valence-corrected chi connectivity index (χ3v) is 1.53. The number of halogens is 6. The fourth-order valence-corrected chi connectivity index (χ4v) is 0.866. The summed E-state index contributed by atoms with van der Waals surface area (Å²) in [6.07, 6.45) is -3.13. The fraction of sp³-hybridized carbons (Fsp3) is 0.857. The van der Waals surface area contributed by atoms with E-state index in [1.807, 2.05) is 0 Å². The highest BCUT2D eigenvalue weighted by atomic mass is 35.5. The molecule has 0 aromatic rings. The lowest BCUT2D eigenvalue weighted by Gasteiger charge is -2.20. The molecule has 0 radical (unpaired) electrons. The van der Waals surface area contributed by atoms with Gasteiger partial charge in [-0.3, -0.25) is 0 Å². The molecule has 9 heteroatoms. The van der Waals surface area contributed by atoms with E-state index < -0.39 is 29.4 Å². The van der Waals surface area contributed by atoms with Crippen molar-refractivity contribution in [2.45, 2.75) is 30.4 Å². The Bertz CT molecular complexity index is 239. The fourth-order valence-electron chi connectivity index (χ4n) is 0.696. The van der Waals surface area contributed by atoms with Gasteiger partial charge in [0.25, 0.3) is 0 Å². The first kappa shape index (κ1) is 15.7. The van der Waals surface area contributed by atoms with E-state index >= 15 is 0 Å². The van der Waals surface area contributed by atoms with Crippen LogP contribution in [-0.2, 0) is 14.3 Å². The summed E-state index contributed by atoms with van der Waals surface area (Å²) in [4.78, 5) is 10.6. The van der Waals surface area contributed by atoms with Crippen molar-refractivity contribution in [1.82, 2.24) is 0 Å². The number of hydrogen-bond donors (Lipinski definition) is 0. The second-order valence-electron chi connectivity index (χ2n) is 2.61. The Balaban J connectivity index is 4.40. The molecule has 0 aliphatic carbocycles. The summed E-state index contributed by atoms with van der Waals surface area (Å²) in [7, 11) is 0. The maximum absolute atomic E-state index is 12.3. The van der Waals surface area contributed by atoms with Crippen molar-refractivity contribution < 1.29 is 31.8 Å². The monoisotopic (exact) mass is 286 g/mol. The van der Waals surface area contributed by atoms with Crippen molar-refractivity contribution in [2.75, 3.05) is 6.61 Å². The number of carbonyl (C=O) groups excluding carboxylic acids is 1. The highest BCUT2D eigenvalue weighted by Gasteiger charge is 2.41. The number of rotatable bonds is 6. The molecule has 0 aliphatic heterocycles. The molecule has 0 N–H and O–H groups in total. The van der Waals surface area contributed by atoms with Crippen molar-refractivity contribution in [2.24, 2.45) is 0 Å². The number of alkyl halides is 6. The number of carbonyl (C=O) groups is 1. The van der Waals surface area contributed by atoms with E-state index in [1.165, 1.54) is 6.92 Å². The molecular weight excluding hydrogens is 279 g/mol. The second-order valence-corrected chi connectivity index (χ2v) is 3.63. The zero-order valence-electron chi connectivity index (χ0n) is 7.98. The first-order chi connectivity index (χ1) is 7.06. The van der Waals surface area contributed by atoms with Crippen LogP contribution in [0, 0.1) is 0 Å². The minimum atomic E-state index is -4.29. The van der Waals surface area contributed by atoms with Gasteiger partial charge in [-0.1, -0.05) is 0 Å². The van der Waals surface area contributed by atoms with Crippen molar-refractivity contribution >= 4 is 29.2 Å².